The topological polar surface area (TPSA) is 36.3 Å². The minimum absolute atomic E-state index is 0.0676. The van der Waals surface area contributed by atoms with E-state index in [1.54, 1.807) is 10.6 Å². The summed E-state index contributed by atoms with van der Waals surface area (Å²) in [6.07, 6.45) is 3.62. The summed E-state index contributed by atoms with van der Waals surface area (Å²) in [5.74, 6) is -1.09. The number of hydrogen-bond donors (Lipinski definition) is 0. The minimum Gasteiger partial charge on any atom is -0.399 e. The summed E-state index contributed by atoms with van der Waals surface area (Å²) in [5, 5.41) is 4.10. The third-order valence-electron chi connectivity index (χ3n) is 4.57. The number of rotatable bonds is 3. The highest BCUT2D eigenvalue weighted by Gasteiger charge is 2.52. The summed E-state index contributed by atoms with van der Waals surface area (Å²) in [5.41, 5.74) is -0.439. The van der Waals surface area contributed by atoms with Gasteiger partial charge in [-0.2, -0.15) is 5.10 Å². The maximum atomic E-state index is 14.6. The Labute approximate surface area is 154 Å². The average molecular weight is 464 g/mol. The van der Waals surface area contributed by atoms with Crippen LogP contribution in [0.15, 0.2) is 24.5 Å². The largest absolute Gasteiger partial charge is 0.497 e. The van der Waals surface area contributed by atoms with Crippen LogP contribution in [0.1, 0.15) is 27.7 Å². The Hall–Kier alpha value is -0.565. The van der Waals surface area contributed by atoms with Crippen molar-refractivity contribution in [3.63, 3.8) is 0 Å². The third kappa shape index (κ3) is 3.13. The lowest BCUT2D eigenvalue weighted by atomic mass is 9.78. The monoisotopic (exact) mass is 464 g/mol. The molecule has 9 heteroatoms. The normalized spacial score (nSPS) is 19.5. The van der Waals surface area contributed by atoms with Crippen molar-refractivity contribution in [1.29, 1.82) is 0 Å². The zero-order valence-corrected chi connectivity index (χ0v) is 16.9. The predicted octanol–water partition coefficient (Wildman–Crippen LogP) is 3.92. The van der Waals surface area contributed by atoms with E-state index in [-0.39, 0.29) is 11.0 Å². The molecule has 1 saturated heterocycles. The van der Waals surface area contributed by atoms with E-state index in [1.165, 1.54) is 12.3 Å². The highest BCUT2D eigenvalue weighted by Crippen LogP contribution is 2.37. The van der Waals surface area contributed by atoms with Gasteiger partial charge in [-0.3, -0.25) is 0 Å². The summed E-state index contributed by atoms with van der Waals surface area (Å²) in [7, 11) is -0.933. The predicted molar refractivity (Wildman–Crippen MR) is 101 cm³/mol. The van der Waals surface area contributed by atoms with Gasteiger partial charge in [-0.1, -0.05) is 0 Å². The number of benzene rings is 1. The molecular weight excluding hydrogens is 447 g/mol. The Bertz CT molecular complexity index is 769. The van der Waals surface area contributed by atoms with Gasteiger partial charge in [-0.05, 0) is 61.9 Å². The molecule has 1 atom stereocenters. The van der Waals surface area contributed by atoms with Crippen molar-refractivity contribution < 1.29 is 18.1 Å². The van der Waals surface area contributed by atoms with Crippen LogP contribution in [0.4, 0.5) is 8.78 Å². The maximum Gasteiger partial charge on any atom is 0.497 e. The molecule has 0 amide bonds. The summed E-state index contributed by atoms with van der Waals surface area (Å²) in [6, 6.07) is 2.32. The van der Waals surface area contributed by atoms with Gasteiger partial charge in [0.1, 0.15) is 11.6 Å². The third-order valence-corrected chi connectivity index (χ3v) is 6.47. The van der Waals surface area contributed by atoms with E-state index in [9.17, 15) is 8.78 Å². The zero-order valence-electron chi connectivity index (χ0n) is 13.7. The molecule has 0 aliphatic carbocycles. The van der Waals surface area contributed by atoms with Gasteiger partial charge in [-0.15, -0.1) is 0 Å². The molecule has 0 N–H and O–H groups in total. The summed E-state index contributed by atoms with van der Waals surface area (Å²) in [6.45, 7) is 7.48. The Balaban J connectivity index is 1.97. The van der Waals surface area contributed by atoms with Crippen molar-refractivity contribution in [3.05, 3.63) is 36.2 Å². The van der Waals surface area contributed by atoms with Gasteiger partial charge in [0, 0.05) is 22.8 Å². The van der Waals surface area contributed by atoms with E-state index in [0.717, 1.165) is 6.07 Å². The average Bonchev–Trinajstić information content (AvgIpc) is 3.04. The molecule has 1 fully saturated rings. The van der Waals surface area contributed by atoms with Crippen LogP contribution in [0.25, 0.3) is 11.1 Å². The van der Waals surface area contributed by atoms with Gasteiger partial charge in [-0.25, -0.2) is 13.2 Å². The Kier molecular flexibility index (Phi) is 4.79. The van der Waals surface area contributed by atoms with E-state index >= 15 is 0 Å². The number of aromatic nitrogens is 2. The fraction of sp³-hybridized carbons (Fsp3) is 0.400. The smallest absolute Gasteiger partial charge is 0.399 e. The molecule has 1 unspecified atom stereocenters. The van der Waals surface area contributed by atoms with Crippen molar-refractivity contribution >= 4 is 41.0 Å². The molecule has 1 aliphatic heterocycles. The first-order valence-corrected chi connectivity index (χ1v) is 11.5. The molecule has 3 rings (SSSR count). The van der Waals surface area contributed by atoms with E-state index < -0.39 is 30.0 Å². The van der Waals surface area contributed by atoms with E-state index in [2.05, 4.69) is 27.1 Å². The summed E-state index contributed by atoms with van der Waals surface area (Å²) >= 11 is 2.17. The molecule has 1 aromatic heterocycles. The van der Waals surface area contributed by atoms with Crippen molar-refractivity contribution in [2.24, 2.45) is 0 Å². The van der Waals surface area contributed by atoms with Gasteiger partial charge < -0.3 is 9.31 Å². The Morgan fingerprint density at radius 1 is 1.12 bits per heavy atom. The van der Waals surface area contributed by atoms with Crippen LogP contribution in [-0.4, -0.2) is 27.9 Å². The van der Waals surface area contributed by atoms with Crippen LogP contribution in [0.2, 0.25) is 0 Å². The van der Waals surface area contributed by atoms with Crippen LogP contribution in [0, 0.1) is 11.6 Å². The fourth-order valence-corrected chi connectivity index (χ4v) is 3.52. The maximum absolute atomic E-state index is 14.6. The number of hydrogen-bond acceptors (Lipinski definition) is 3. The Morgan fingerprint density at radius 3 is 2.29 bits per heavy atom. The summed E-state index contributed by atoms with van der Waals surface area (Å²) in [4.78, 5) is 0. The van der Waals surface area contributed by atoms with Gasteiger partial charge in [0.05, 0.1) is 23.8 Å². The number of nitrogens with zero attached hydrogens (tertiary/aromatic N) is 2. The van der Waals surface area contributed by atoms with E-state index in [4.69, 9.17) is 9.31 Å². The van der Waals surface area contributed by atoms with Gasteiger partial charge >= 0.3 is 7.12 Å². The highest BCUT2D eigenvalue weighted by atomic mass is 127. The van der Waals surface area contributed by atoms with Crippen molar-refractivity contribution in [1.82, 2.24) is 9.55 Å². The molecule has 2 heterocycles. The van der Waals surface area contributed by atoms with Crippen molar-refractivity contribution in [2.45, 2.75) is 38.9 Å². The molecule has 0 bridgehead atoms. The molecule has 24 heavy (non-hydrogen) atoms. The molecule has 1 aliphatic rings. The molecule has 0 saturated carbocycles. The lowest BCUT2D eigenvalue weighted by Gasteiger charge is -2.32. The van der Waals surface area contributed by atoms with Crippen LogP contribution in [-0.2, 0) is 9.31 Å². The second kappa shape index (κ2) is 6.30. The van der Waals surface area contributed by atoms with Gasteiger partial charge in [0.2, 0.25) is 0 Å². The van der Waals surface area contributed by atoms with Crippen LogP contribution >= 0.6 is 28.4 Å². The highest BCUT2D eigenvalue weighted by molar-refractivity contribution is 14.2. The molecule has 0 radical (unpaired) electrons. The minimum atomic E-state index is -0.933. The SMILES string of the molecule is CC1(C)OB(c2cc(F)c(-c3cnn(PI)c3)cc2F)OC1(C)C. The molecule has 128 valence electrons. The van der Waals surface area contributed by atoms with Crippen molar-refractivity contribution in [2.75, 3.05) is 0 Å². The number of halogens is 3. The first kappa shape index (κ1) is 18.2. The first-order chi connectivity index (χ1) is 11.1. The second-order valence-corrected chi connectivity index (χ2v) is 8.77. The fourth-order valence-electron chi connectivity index (χ4n) is 2.44. The van der Waals surface area contributed by atoms with E-state index in [0.29, 0.717) is 11.9 Å². The summed E-state index contributed by atoms with van der Waals surface area (Å²) < 4.78 is 42.5. The zero-order chi connectivity index (χ0) is 17.7. The molecule has 0 spiro atoms. The van der Waals surface area contributed by atoms with Gasteiger partial charge in [0.15, 0.2) is 0 Å². The lowest BCUT2D eigenvalue weighted by Crippen LogP contribution is -2.41. The molecule has 2 aromatic rings. The quantitative estimate of drug-likeness (QED) is 0.393. The van der Waals surface area contributed by atoms with Crippen LogP contribution < -0.4 is 5.46 Å². The van der Waals surface area contributed by atoms with Crippen LogP contribution in [0.3, 0.4) is 0 Å². The van der Waals surface area contributed by atoms with Crippen molar-refractivity contribution in [3.8, 4) is 11.1 Å². The second-order valence-electron chi connectivity index (χ2n) is 6.70. The van der Waals surface area contributed by atoms with Gasteiger partial charge in [0.25, 0.3) is 0 Å². The first-order valence-electron chi connectivity index (χ1n) is 7.41. The van der Waals surface area contributed by atoms with Crippen LogP contribution in [0.5, 0.6) is 0 Å². The Morgan fingerprint density at radius 2 is 1.75 bits per heavy atom. The molecule has 1 aromatic carbocycles. The van der Waals surface area contributed by atoms with E-state index in [1.807, 2.05) is 27.7 Å². The molecular formula is C15H17BF2IN2O2P. The molecule has 4 nitrogen and oxygen atoms in total. The standard InChI is InChI=1S/C15H17BF2IN2O2P/c1-14(2)15(3,4)23-16(22-14)11-6-12(17)10(5-13(11)18)9-7-20-21(8-9)24-19/h5-8,24H,1-4H3. The lowest BCUT2D eigenvalue weighted by molar-refractivity contribution is 0.00578.